The number of hydrogen-bond acceptors (Lipinski definition) is 3. The van der Waals surface area contributed by atoms with Gasteiger partial charge in [-0.2, -0.15) is 0 Å². The van der Waals surface area contributed by atoms with Crippen molar-refractivity contribution < 1.29 is 9.05 Å². The molecule has 4 heteroatoms. The monoisotopic (exact) mass is 469 g/mol. The number of rotatable bonds is 3. The topological polar surface area (TPSA) is 21.7 Å². The minimum absolute atomic E-state index is 0.310. The van der Waals surface area contributed by atoms with Crippen molar-refractivity contribution in [1.29, 1.82) is 0 Å². The minimum atomic E-state index is -1.03. The molecule has 4 aliphatic carbocycles. The van der Waals surface area contributed by atoms with Crippen molar-refractivity contribution >= 4 is 8.53 Å². The van der Waals surface area contributed by atoms with Gasteiger partial charge < -0.3 is 9.05 Å². The van der Waals surface area contributed by atoms with E-state index in [0.29, 0.717) is 18.2 Å². The van der Waals surface area contributed by atoms with Gasteiger partial charge in [-0.15, -0.1) is 0 Å². The summed E-state index contributed by atoms with van der Waals surface area (Å²) in [5.41, 5.74) is 1.36. The summed E-state index contributed by atoms with van der Waals surface area (Å²) in [6.45, 7) is 2.32. The van der Waals surface area contributed by atoms with Crippen molar-refractivity contribution in [2.75, 3.05) is 7.05 Å². The molecule has 0 radical (unpaired) electrons. The molecule has 3 nitrogen and oxygen atoms in total. The van der Waals surface area contributed by atoms with E-state index in [1.54, 1.807) is 0 Å². The zero-order chi connectivity index (χ0) is 22.4. The number of benzene rings is 1. The molecule has 182 valence electrons. The van der Waals surface area contributed by atoms with Crippen LogP contribution in [0.2, 0.25) is 0 Å². The van der Waals surface area contributed by atoms with E-state index in [1.807, 2.05) is 0 Å². The molecule has 4 saturated carbocycles. The van der Waals surface area contributed by atoms with Crippen LogP contribution in [0.4, 0.5) is 0 Å². The van der Waals surface area contributed by atoms with E-state index in [2.05, 4.69) is 49.0 Å². The van der Waals surface area contributed by atoms with Gasteiger partial charge in [0.1, 0.15) is 0 Å². The Morgan fingerprint density at radius 2 is 1.24 bits per heavy atom. The van der Waals surface area contributed by atoms with Crippen molar-refractivity contribution in [3.8, 4) is 0 Å². The van der Waals surface area contributed by atoms with Gasteiger partial charge in [0.2, 0.25) is 0 Å². The second-order valence-electron chi connectivity index (χ2n) is 11.9. The van der Waals surface area contributed by atoms with Crippen LogP contribution in [-0.4, -0.2) is 23.9 Å². The molecule has 0 amide bonds. The zero-order valence-electron chi connectivity index (χ0n) is 20.8. The molecule has 9 unspecified atom stereocenters. The fourth-order valence-corrected chi connectivity index (χ4v) is 10.4. The lowest BCUT2D eigenvalue weighted by Crippen LogP contribution is -2.51. The average molecular weight is 470 g/mol. The Morgan fingerprint density at radius 1 is 0.727 bits per heavy atom. The maximum absolute atomic E-state index is 7.11. The maximum Gasteiger partial charge on any atom is 0.259 e. The third-order valence-corrected chi connectivity index (χ3v) is 12.2. The molecule has 1 aliphatic heterocycles. The molecule has 1 aromatic carbocycles. The molecule has 1 aromatic rings. The summed E-state index contributed by atoms with van der Waals surface area (Å²) in [5, 5.41) is 0. The summed E-state index contributed by atoms with van der Waals surface area (Å²) in [4.78, 5) is 0. The van der Waals surface area contributed by atoms with Gasteiger partial charge in [0.05, 0.1) is 12.2 Å². The van der Waals surface area contributed by atoms with E-state index in [4.69, 9.17) is 9.05 Å². The quantitative estimate of drug-likeness (QED) is 0.417. The molecule has 0 aromatic heterocycles. The van der Waals surface area contributed by atoms with Crippen LogP contribution in [0.3, 0.4) is 0 Å². The predicted octanol–water partition coefficient (Wildman–Crippen LogP) is 8.12. The highest BCUT2D eigenvalue weighted by Crippen LogP contribution is 2.63. The van der Waals surface area contributed by atoms with E-state index in [9.17, 15) is 0 Å². The number of nitrogens with zero attached hydrogens (tertiary/aromatic N) is 1. The van der Waals surface area contributed by atoms with Gasteiger partial charge in [-0.1, -0.05) is 68.9 Å². The normalized spacial score (nSPS) is 44.0. The van der Waals surface area contributed by atoms with Crippen molar-refractivity contribution in [1.82, 2.24) is 4.67 Å². The van der Waals surface area contributed by atoms with Gasteiger partial charge in [0.25, 0.3) is 8.53 Å². The van der Waals surface area contributed by atoms with Crippen molar-refractivity contribution in [2.45, 2.75) is 102 Å². The molecule has 9 atom stereocenters. The Morgan fingerprint density at radius 3 is 1.79 bits per heavy atom. The van der Waals surface area contributed by atoms with Crippen LogP contribution >= 0.6 is 8.53 Å². The zero-order valence-corrected chi connectivity index (χ0v) is 21.7. The molecule has 1 saturated heterocycles. The van der Waals surface area contributed by atoms with Crippen LogP contribution in [0.5, 0.6) is 0 Å². The first-order chi connectivity index (χ1) is 16.2. The summed E-state index contributed by atoms with van der Waals surface area (Å²) < 4.78 is 16.7. The third kappa shape index (κ3) is 4.35. The summed E-state index contributed by atoms with van der Waals surface area (Å²) in [7, 11) is 1.22. The van der Waals surface area contributed by atoms with E-state index >= 15 is 0 Å². The third-order valence-electron chi connectivity index (χ3n) is 10.4. The van der Waals surface area contributed by atoms with E-state index < -0.39 is 8.53 Å². The molecule has 0 N–H and O–H groups in total. The predicted molar refractivity (Wildman–Crippen MR) is 136 cm³/mol. The number of fused-ring (bicyclic) bond motifs is 7. The lowest BCUT2D eigenvalue weighted by Gasteiger charge is -2.53. The van der Waals surface area contributed by atoms with Crippen molar-refractivity contribution in [3.05, 3.63) is 35.9 Å². The van der Waals surface area contributed by atoms with Gasteiger partial charge >= 0.3 is 0 Å². The van der Waals surface area contributed by atoms with Crippen LogP contribution in [0.1, 0.15) is 95.6 Å². The molecular weight excluding hydrogens is 425 g/mol. The lowest BCUT2D eigenvalue weighted by atomic mass is 9.53. The largest absolute Gasteiger partial charge is 0.318 e. The average Bonchev–Trinajstić information content (AvgIpc) is 3.05. The smallest absolute Gasteiger partial charge is 0.259 e. The van der Waals surface area contributed by atoms with Gasteiger partial charge in [-0.3, -0.25) is 0 Å². The Labute approximate surface area is 203 Å². The lowest BCUT2D eigenvalue weighted by molar-refractivity contribution is -0.0856. The molecule has 1 heterocycles. The van der Waals surface area contributed by atoms with Crippen LogP contribution in [-0.2, 0) is 9.05 Å². The molecule has 6 rings (SSSR count). The Kier molecular flexibility index (Phi) is 6.88. The molecule has 0 bridgehead atoms. The first-order valence-electron chi connectivity index (χ1n) is 14.1. The standard InChI is InChI=1S/C29H44NO2P/c1-20(21-10-4-3-5-11-21)30(2)33-31-26-18-16-22-12-6-8-14-24(22)28(26)29-25-15-9-7-13-23(25)17-19-27(29)32-33/h3-5,10-11,20,22-29H,6-9,12-19H2,1-2H3. The molecule has 33 heavy (non-hydrogen) atoms. The van der Waals surface area contributed by atoms with Crippen LogP contribution in [0, 0.1) is 35.5 Å². The highest BCUT2D eigenvalue weighted by Gasteiger charge is 2.55. The minimum Gasteiger partial charge on any atom is -0.318 e. The van der Waals surface area contributed by atoms with Gasteiger partial charge in [-0.05, 0) is 93.6 Å². The second kappa shape index (κ2) is 9.88. The highest BCUT2D eigenvalue weighted by atomic mass is 31.2. The number of hydrogen-bond donors (Lipinski definition) is 0. The van der Waals surface area contributed by atoms with Crippen LogP contribution < -0.4 is 0 Å². The summed E-state index contributed by atoms with van der Waals surface area (Å²) in [5.74, 6) is 5.18. The molecular formula is C29H44NO2P. The summed E-state index contributed by atoms with van der Waals surface area (Å²) >= 11 is 0. The Balaban J connectivity index is 1.32. The SMILES string of the molecule is CC(c1ccccc1)N(C)P1OC2CCC3CCCCC3C2C2C(CCC3CCCCC32)O1. The highest BCUT2D eigenvalue weighted by molar-refractivity contribution is 7.44. The molecule has 5 aliphatic rings. The van der Waals surface area contributed by atoms with Gasteiger partial charge in [0, 0.05) is 6.04 Å². The Bertz CT molecular complexity index is 749. The summed E-state index contributed by atoms with van der Waals surface area (Å²) in [6, 6.07) is 11.2. The first kappa shape index (κ1) is 23.0. The van der Waals surface area contributed by atoms with E-state index in [0.717, 1.165) is 35.5 Å². The fourth-order valence-electron chi connectivity index (χ4n) is 8.70. The van der Waals surface area contributed by atoms with Crippen LogP contribution in [0.15, 0.2) is 30.3 Å². The summed E-state index contributed by atoms with van der Waals surface area (Å²) in [6.07, 6.45) is 17.8. The second-order valence-corrected chi connectivity index (χ2v) is 13.4. The first-order valence-corrected chi connectivity index (χ1v) is 15.2. The van der Waals surface area contributed by atoms with Crippen molar-refractivity contribution in [2.24, 2.45) is 35.5 Å². The molecule has 0 spiro atoms. The van der Waals surface area contributed by atoms with Crippen molar-refractivity contribution in [3.63, 3.8) is 0 Å². The van der Waals surface area contributed by atoms with Gasteiger partial charge in [-0.25, -0.2) is 4.67 Å². The fraction of sp³-hybridized carbons (Fsp3) is 0.793. The maximum atomic E-state index is 7.11. The molecule has 5 fully saturated rings. The van der Waals surface area contributed by atoms with Crippen LogP contribution in [0.25, 0.3) is 0 Å². The van der Waals surface area contributed by atoms with E-state index in [1.165, 1.54) is 82.6 Å². The Hall–Kier alpha value is -0.470. The van der Waals surface area contributed by atoms with Gasteiger partial charge in [0.15, 0.2) is 0 Å². The van der Waals surface area contributed by atoms with E-state index in [-0.39, 0.29) is 0 Å².